The average molecular weight is 603 g/mol. The highest BCUT2D eigenvalue weighted by atomic mass is 32.2. The second-order valence-corrected chi connectivity index (χ2v) is 11.4. The van der Waals surface area contributed by atoms with Gasteiger partial charge in [-0.25, -0.2) is 23.1 Å². The summed E-state index contributed by atoms with van der Waals surface area (Å²) in [7, 11) is 0. The average Bonchev–Trinajstić information content (AvgIpc) is 3.00. The Morgan fingerprint density at radius 3 is 2.58 bits per heavy atom. The Bertz CT molecular complexity index is 1820. The monoisotopic (exact) mass is 602 g/mol. The SMILES string of the molecule is C=CC(=O)N1CCN(c2nc(=O)n(-c3c(C)ccnc3C(C)C)c3nc(-c4c(F)cccc4SC)c(F)cc23)C(C=C)C1. The fourth-order valence-corrected chi connectivity index (χ4v) is 6.11. The lowest BCUT2D eigenvalue weighted by Crippen LogP contribution is -2.54. The summed E-state index contributed by atoms with van der Waals surface area (Å²) in [6.07, 6.45) is 6.35. The highest BCUT2D eigenvalue weighted by Crippen LogP contribution is 2.37. The quantitative estimate of drug-likeness (QED) is 0.153. The number of aromatic nitrogens is 4. The summed E-state index contributed by atoms with van der Waals surface area (Å²) in [6.45, 7) is 14.2. The fourth-order valence-electron chi connectivity index (χ4n) is 5.49. The minimum atomic E-state index is -0.760. The number of anilines is 1. The molecule has 1 aliphatic rings. The molecule has 1 fully saturated rings. The first-order valence-electron chi connectivity index (χ1n) is 13.8. The Morgan fingerprint density at radius 1 is 1.14 bits per heavy atom. The van der Waals surface area contributed by atoms with Crippen LogP contribution in [-0.2, 0) is 4.79 Å². The molecule has 1 aromatic carbocycles. The van der Waals surface area contributed by atoms with Gasteiger partial charge in [0.2, 0.25) is 5.91 Å². The standard InChI is InChI=1S/C32H32F2N6O2S/c1-7-20-17-38(25(41)8-2)14-15-39(20)30-21-16-23(34)28(26-22(33)10-9-11-24(26)43-6)36-31(21)40(32(42)37-30)29-19(5)12-13-35-27(29)18(3)4/h7-13,16,18,20H,1-2,14-15,17H2,3-6H3. The molecule has 222 valence electrons. The van der Waals surface area contributed by atoms with E-state index < -0.39 is 23.4 Å². The van der Waals surface area contributed by atoms with E-state index in [2.05, 4.69) is 23.1 Å². The number of halogens is 2. The lowest BCUT2D eigenvalue weighted by Gasteiger charge is -2.40. The normalized spacial score (nSPS) is 15.3. The first-order chi connectivity index (χ1) is 20.6. The molecule has 4 heterocycles. The number of nitrogens with zero attached hydrogens (tertiary/aromatic N) is 6. The van der Waals surface area contributed by atoms with Gasteiger partial charge in [0.05, 0.1) is 28.4 Å². The summed E-state index contributed by atoms with van der Waals surface area (Å²) < 4.78 is 32.7. The third-order valence-corrected chi connectivity index (χ3v) is 8.39. The van der Waals surface area contributed by atoms with Crippen LogP contribution in [0.5, 0.6) is 0 Å². The molecule has 0 saturated carbocycles. The van der Waals surface area contributed by atoms with Gasteiger partial charge in [-0.3, -0.25) is 9.78 Å². The van der Waals surface area contributed by atoms with Gasteiger partial charge in [0.15, 0.2) is 11.5 Å². The van der Waals surface area contributed by atoms with Crippen LogP contribution in [-0.4, -0.2) is 62.3 Å². The van der Waals surface area contributed by atoms with Crippen molar-refractivity contribution in [1.29, 1.82) is 0 Å². The van der Waals surface area contributed by atoms with E-state index >= 15 is 8.78 Å². The van der Waals surface area contributed by atoms with E-state index in [0.717, 1.165) is 5.56 Å². The number of rotatable bonds is 7. The number of carbonyl (C=O) groups excluding carboxylic acids is 1. The molecule has 11 heteroatoms. The van der Waals surface area contributed by atoms with Crippen molar-refractivity contribution in [2.45, 2.75) is 37.6 Å². The molecule has 1 unspecified atom stereocenters. The number of pyridine rings is 2. The molecular formula is C32H32F2N6O2S. The van der Waals surface area contributed by atoms with E-state index in [1.54, 1.807) is 41.6 Å². The number of fused-ring (bicyclic) bond motifs is 1. The number of piperazine rings is 1. The number of aryl methyl sites for hydroxylation is 1. The van der Waals surface area contributed by atoms with Gasteiger partial charge in [-0.1, -0.05) is 32.6 Å². The molecule has 8 nitrogen and oxygen atoms in total. The van der Waals surface area contributed by atoms with Crippen molar-refractivity contribution < 1.29 is 13.6 Å². The molecule has 5 rings (SSSR count). The van der Waals surface area contributed by atoms with Crippen LogP contribution in [0.2, 0.25) is 0 Å². The molecule has 1 atom stereocenters. The Balaban J connectivity index is 1.86. The number of hydrogen-bond donors (Lipinski definition) is 0. The van der Waals surface area contributed by atoms with Crippen molar-refractivity contribution in [1.82, 2.24) is 24.4 Å². The molecule has 1 saturated heterocycles. The molecule has 4 aromatic rings. The van der Waals surface area contributed by atoms with Crippen molar-refractivity contribution in [2.75, 3.05) is 30.8 Å². The summed E-state index contributed by atoms with van der Waals surface area (Å²) in [5, 5.41) is 0.260. The van der Waals surface area contributed by atoms with Gasteiger partial charge in [0.25, 0.3) is 0 Å². The maximum atomic E-state index is 16.1. The third-order valence-electron chi connectivity index (χ3n) is 7.61. The number of amides is 1. The molecule has 1 aliphatic heterocycles. The van der Waals surface area contributed by atoms with Gasteiger partial charge in [-0.15, -0.1) is 18.3 Å². The molecule has 0 N–H and O–H groups in total. The van der Waals surface area contributed by atoms with Crippen molar-refractivity contribution in [2.24, 2.45) is 0 Å². The topological polar surface area (TPSA) is 84.2 Å². The van der Waals surface area contributed by atoms with Gasteiger partial charge in [0.1, 0.15) is 17.3 Å². The van der Waals surface area contributed by atoms with Gasteiger partial charge in [-0.05, 0) is 55.0 Å². The van der Waals surface area contributed by atoms with Gasteiger partial charge in [0, 0.05) is 30.7 Å². The van der Waals surface area contributed by atoms with Gasteiger partial charge >= 0.3 is 5.69 Å². The van der Waals surface area contributed by atoms with Crippen LogP contribution in [0.1, 0.15) is 31.0 Å². The summed E-state index contributed by atoms with van der Waals surface area (Å²) in [5.41, 5.74) is 1.16. The maximum Gasteiger partial charge on any atom is 0.355 e. The molecule has 3 aromatic heterocycles. The van der Waals surface area contributed by atoms with E-state index in [-0.39, 0.29) is 46.5 Å². The molecule has 43 heavy (non-hydrogen) atoms. The van der Waals surface area contributed by atoms with Crippen LogP contribution in [0.3, 0.4) is 0 Å². The maximum absolute atomic E-state index is 16.1. The molecule has 0 spiro atoms. The van der Waals surface area contributed by atoms with Crippen LogP contribution < -0.4 is 10.6 Å². The summed E-state index contributed by atoms with van der Waals surface area (Å²) in [6, 6.07) is 7.12. The summed E-state index contributed by atoms with van der Waals surface area (Å²) in [5.74, 6) is -1.47. The smallest absolute Gasteiger partial charge is 0.346 e. The second-order valence-electron chi connectivity index (χ2n) is 10.6. The van der Waals surface area contributed by atoms with Crippen LogP contribution in [0.4, 0.5) is 14.6 Å². The van der Waals surface area contributed by atoms with Crippen molar-refractivity contribution >= 4 is 34.5 Å². The zero-order valence-electron chi connectivity index (χ0n) is 24.5. The number of thioether (sulfide) groups is 1. The van der Waals surface area contributed by atoms with Crippen LogP contribution in [0.15, 0.2) is 71.5 Å². The molecule has 0 bridgehead atoms. The number of carbonyl (C=O) groups is 1. The van der Waals surface area contributed by atoms with Crippen molar-refractivity contribution in [3.05, 3.63) is 95.2 Å². The van der Waals surface area contributed by atoms with Crippen molar-refractivity contribution in [3.8, 4) is 16.9 Å². The fraction of sp³-hybridized carbons (Fsp3) is 0.281. The Labute approximate surface area is 252 Å². The molecular weight excluding hydrogens is 570 g/mol. The van der Waals surface area contributed by atoms with Gasteiger partial charge < -0.3 is 9.80 Å². The Kier molecular flexibility index (Phi) is 8.45. The van der Waals surface area contributed by atoms with Crippen LogP contribution in [0, 0.1) is 18.6 Å². The molecule has 1 amide bonds. The highest BCUT2D eigenvalue weighted by molar-refractivity contribution is 7.98. The first-order valence-corrected chi connectivity index (χ1v) is 15.1. The van der Waals surface area contributed by atoms with E-state index in [1.165, 1.54) is 34.5 Å². The van der Waals surface area contributed by atoms with Crippen LogP contribution >= 0.6 is 11.8 Å². The van der Waals surface area contributed by atoms with Gasteiger partial charge in [-0.2, -0.15) is 4.98 Å². The lowest BCUT2D eigenvalue weighted by atomic mass is 10.0. The Hall–Kier alpha value is -4.38. The zero-order chi connectivity index (χ0) is 31.0. The first kappa shape index (κ1) is 30.1. The predicted octanol–water partition coefficient (Wildman–Crippen LogP) is 5.66. The Morgan fingerprint density at radius 2 is 1.91 bits per heavy atom. The van der Waals surface area contributed by atoms with E-state index in [9.17, 15) is 9.59 Å². The summed E-state index contributed by atoms with van der Waals surface area (Å²) in [4.78, 5) is 44.1. The second kappa shape index (κ2) is 12.1. The van der Waals surface area contributed by atoms with E-state index in [1.807, 2.05) is 25.7 Å². The largest absolute Gasteiger partial charge is 0.355 e. The summed E-state index contributed by atoms with van der Waals surface area (Å²) >= 11 is 1.27. The minimum Gasteiger partial charge on any atom is -0.346 e. The van der Waals surface area contributed by atoms with E-state index in [4.69, 9.17) is 4.98 Å². The molecule has 0 aliphatic carbocycles. The lowest BCUT2D eigenvalue weighted by molar-refractivity contribution is -0.126. The number of benzene rings is 1. The number of hydrogen-bond acceptors (Lipinski definition) is 7. The predicted molar refractivity (Wildman–Crippen MR) is 167 cm³/mol. The van der Waals surface area contributed by atoms with E-state index in [0.29, 0.717) is 29.4 Å². The third kappa shape index (κ3) is 5.33. The minimum absolute atomic E-state index is 0.0132. The molecule has 0 radical (unpaired) electrons. The zero-order valence-corrected chi connectivity index (χ0v) is 25.3. The highest BCUT2D eigenvalue weighted by Gasteiger charge is 2.31. The van der Waals surface area contributed by atoms with Crippen molar-refractivity contribution in [3.63, 3.8) is 0 Å². The van der Waals surface area contributed by atoms with Crippen LogP contribution in [0.25, 0.3) is 28.0 Å².